The summed E-state index contributed by atoms with van der Waals surface area (Å²) in [5, 5.41) is 8.51. The molecule has 0 spiro atoms. The van der Waals surface area contributed by atoms with E-state index in [0.717, 1.165) is 11.6 Å². The van der Waals surface area contributed by atoms with E-state index >= 15 is 0 Å². The summed E-state index contributed by atoms with van der Waals surface area (Å²) < 4.78 is 10.9. The second-order valence-electron chi connectivity index (χ2n) is 4.18. The first-order valence-corrected chi connectivity index (χ1v) is 5.80. The predicted molar refractivity (Wildman–Crippen MR) is 71.4 cm³/mol. The van der Waals surface area contributed by atoms with Crippen LogP contribution in [0.3, 0.4) is 0 Å². The number of hydrogen-bond donors (Lipinski definition) is 1. The molecule has 0 aliphatic heterocycles. The highest BCUT2D eigenvalue weighted by Gasteiger charge is 2.04. The summed E-state index contributed by atoms with van der Waals surface area (Å²) in [6.45, 7) is 4.03. The van der Waals surface area contributed by atoms with Gasteiger partial charge >= 0.3 is 5.97 Å². The van der Waals surface area contributed by atoms with E-state index in [1.165, 1.54) is 11.6 Å². The topological polar surface area (TPSA) is 59.7 Å². The molecule has 4 nitrogen and oxygen atoms in total. The molecule has 1 aromatic carbocycles. The minimum absolute atomic E-state index is 0.327. The molecule has 2 aromatic rings. The van der Waals surface area contributed by atoms with Crippen LogP contribution in [0.25, 0.3) is 6.08 Å². The maximum Gasteiger partial charge on any atom is 0.328 e. The Kier molecular flexibility index (Phi) is 3.71. The van der Waals surface area contributed by atoms with E-state index in [4.69, 9.17) is 14.3 Å². The van der Waals surface area contributed by atoms with E-state index in [9.17, 15) is 4.79 Å². The number of carboxylic acids is 1. The molecule has 1 N–H and O–H groups in total. The molecule has 2 rings (SSSR count). The second-order valence-corrected chi connectivity index (χ2v) is 4.18. The van der Waals surface area contributed by atoms with Gasteiger partial charge in [0.1, 0.15) is 11.5 Å². The van der Waals surface area contributed by atoms with Crippen molar-refractivity contribution in [1.29, 1.82) is 0 Å². The van der Waals surface area contributed by atoms with Crippen LogP contribution in [-0.4, -0.2) is 11.1 Å². The van der Waals surface area contributed by atoms with Crippen molar-refractivity contribution in [2.75, 3.05) is 0 Å². The van der Waals surface area contributed by atoms with Crippen molar-refractivity contribution < 1.29 is 19.1 Å². The van der Waals surface area contributed by atoms with Gasteiger partial charge in [-0.3, -0.25) is 0 Å². The molecule has 0 unspecified atom stereocenters. The molecular formula is C15H14O4. The van der Waals surface area contributed by atoms with Crippen molar-refractivity contribution in [3.63, 3.8) is 0 Å². The van der Waals surface area contributed by atoms with Gasteiger partial charge in [-0.25, -0.2) is 4.79 Å². The number of ether oxygens (including phenoxy) is 1. The standard InChI is InChI=1S/C15H14O4/c1-10-3-4-13(9-11(10)2)19-15-8-6-12(18-15)5-7-14(16)17/h3-9H,1-2H3,(H,16,17). The molecule has 98 valence electrons. The van der Waals surface area contributed by atoms with E-state index in [1.807, 2.05) is 32.0 Å². The van der Waals surface area contributed by atoms with Crippen molar-refractivity contribution in [2.24, 2.45) is 0 Å². The third kappa shape index (κ3) is 3.48. The molecule has 0 radical (unpaired) electrons. The van der Waals surface area contributed by atoms with E-state index in [1.54, 1.807) is 12.1 Å². The zero-order valence-electron chi connectivity index (χ0n) is 10.7. The highest BCUT2D eigenvalue weighted by atomic mass is 16.6. The van der Waals surface area contributed by atoms with Crippen LogP contribution in [-0.2, 0) is 4.79 Å². The Morgan fingerprint density at radius 2 is 2.00 bits per heavy atom. The molecular weight excluding hydrogens is 244 g/mol. The third-order valence-corrected chi connectivity index (χ3v) is 2.69. The Morgan fingerprint density at radius 3 is 2.68 bits per heavy atom. The van der Waals surface area contributed by atoms with Gasteiger partial charge in [0.25, 0.3) is 5.95 Å². The summed E-state index contributed by atoms with van der Waals surface area (Å²) in [5.74, 6) is 0.425. The maximum absolute atomic E-state index is 10.4. The van der Waals surface area contributed by atoms with Crippen LogP contribution in [0.2, 0.25) is 0 Å². The van der Waals surface area contributed by atoms with Crippen LogP contribution in [0.1, 0.15) is 16.9 Å². The summed E-state index contributed by atoms with van der Waals surface area (Å²) in [5.41, 5.74) is 2.33. The molecule has 0 fully saturated rings. The first kappa shape index (κ1) is 13.0. The fourth-order valence-electron chi connectivity index (χ4n) is 1.53. The number of carboxylic acid groups (broad SMARTS) is 1. The minimum atomic E-state index is -1.02. The predicted octanol–water partition coefficient (Wildman–Crippen LogP) is 3.79. The molecule has 0 aliphatic carbocycles. The molecule has 1 heterocycles. The quantitative estimate of drug-likeness (QED) is 0.847. The largest absolute Gasteiger partial charge is 0.478 e. The monoisotopic (exact) mass is 258 g/mol. The molecule has 0 amide bonds. The maximum atomic E-state index is 10.4. The van der Waals surface area contributed by atoms with Gasteiger partial charge < -0.3 is 14.3 Å². The average molecular weight is 258 g/mol. The molecule has 0 aliphatic rings. The lowest BCUT2D eigenvalue weighted by atomic mass is 10.1. The lowest BCUT2D eigenvalue weighted by Crippen LogP contribution is -1.85. The Labute approximate surface area is 110 Å². The average Bonchev–Trinajstić information content (AvgIpc) is 2.79. The molecule has 0 atom stereocenters. The Bertz CT molecular complexity index is 623. The van der Waals surface area contributed by atoms with Crippen molar-refractivity contribution in [1.82, 2.24) is 0 Å². The number of aryl methyl sites for hydroxylation is 2. The van der Waals surface area contributed by atoms with Crippen molar-refractivity contribution in [2.45, 2.75) is 13.8 Å². The smallest absolute Gasteiger partial charge is 0.328 e. The molecule has 19 heavy (non-hydrogen) atoms. The fraction of sp³-hybridized carbons (Fsp3) is 0.133. The number of benzene rings is 1. The number of aliphatic carboxylic acids is 1. The second kappa shape index (κ2) is 5.44. The first-order chi connectivity index (χ1) is 9.04. The van der Waals surface area contributed by atoms with Gasteiger partial charge in [0.15, 0.2) is 0 Å². The lowest BCUT2D eigenvalue weighted by Gasteiger charge is -2.04. The fourth-order valence-corrected chi connectivity index (χ4v) is 1.53. The van der Waals surface area contributed by atoms with E-state index in [2.05, 4.69) is 0 Å². The van der Waals surface area contributed by atoms with Crippen LogP contribution in [0.5, 0.6) is 11.7 Å². The third-order valence-electron chi connectivity index (χ3n) is 2.69. The van der Waals surface area contributed by atoms with Crippen molar-refractivity contribution in [3.8, 4) is 11.7 Å². The van der Waals surface area contributed by atoms with Gasteiger partial charge in [0.2, 0.25) is 0 Å². The van der Waals surface area contributed by atoms with Gasteiger partial charge in [-0.2, -0.15) is 0 Å². The molecule has 1 aromatic heterocycles. The summed E-state index contributed by atoms with van der Waals surface area (Å²) in [6, 6.07) is 9.05. The van der Waals surface area contributed by atoms with Gasteiger partial charge in [-0.15, -0.1) is 0 Å². The van der Waals surface area contributed by atoms with E-state index in [0.29, 0.717) is 17.5 Å². The van der Waals surface area contributed by atoms with E-state index < -0.39 is 5.97 Å². The number of rotatable bonds is 4. The minimum Gasteiger partial charge on any atom is -0.478 e. The number of carbonyl (C=O) groups is 1. The summed E-state index contributed by atoms with van der Waals surface area (Å²) in [6.07, 6.45) is 2.38. The Morgan fingerprint density at radius 1 is 1.21 bits per heavy atom. The zero-order valence-corrected chi connectivity index (χ0v) is 10.7. The molecule has 0 saturated carbocycles. The summed E-state index contributed by atoms with van der Waals surface area (Å²) in [4.78, 5) is 10.4. The van der Waals surface area contributed by atoms with E-state index in [-0.39, 0.29) is 0 Å². The normalized spacial score (nSPS) is 10.8. The van der Waals surface area contributed by atoms with Gasteiger partial charge in [-0.1, -0.05) is 6.07 Å². The van der Waals surface area contributed by atoms with Gasteiger partial charge in [0.05, 0.1) is 0 Å². The summed E-state index contributed by atoms with van der Waals surface area (Å²) >= 11 is 0. The molecule has 0 bridgehead atoms. The highest BCUT2D eigenvalue weighted by Crippen LogP contribution is 2.25. The lowest BCUT2D eigenvalue weighted by molar-refractivity contribution is -0.131. The van der Waals surface area contributed by atoms with Crippen LogP contribution in [0, 0.1) is 13.8 Å². The number of hydrogen-bond acceptors (Lipinski definition) is 3. The molecule has 4 heteroatoms. The van der Waals surface area contributed by atoms with Crippen LogP contribution in [0.4, 0.5) is 0 Å². The van der Waals surface area contributed by atoms with Gasteiger partial charge in [-0.05, 0) is 49.2 Å². The SMILES string of the molecule is Cc1ccc(Oc2ccc(C=CC(=O)O)o2)cc1C. The Balaban J connectivity index is 2.11. The molecule has 0 saturated heterocycles. The van der Waals surface area contributed by atoms with Crippen LogP contribution < -0.4 is 4.74 Å². The zero-order chi connectivity index (χ0) is 13.8. The highest BCUT2D eigenvalue weighted by molar-refractivity contribution is 5.84. The first-order valence-electron chi connectivity index (χ1n) is 5.80. The van der Waals surface area contributed by atoms with Crippen molar-refractivity contribution >= 4 is 12.0 Å². The number of furan rings is 1. The van der Waals surface area contributed by atoms with Crippen LogP contribution >= 0.6 is 0 Å². The van der Waals surface area contributed by atoms with Crippen LogP contribution in [0.15, 0.2) is 40.8 Å². The van der Waals surface area contributed by atoms with Gasteiger partial charge in [0, 0.05) is 12.1 Å². The van der Waals surface area contributed by atoms with Crippen molar-refractivity contribution in [3.05, 3.63) is 53.3 Å². The summed E-state index contributed by atoms with van der Waals surface area (Å²) in [7, 11) is 0. The Hall–Kier alpha value is -2.49.